The lowest BCUT2D eigenvalue weighted by molar-refractivity contribution is -0.00366. The van der Waals surface area contributed by atoms with Gasteiger partial charge in [-0.05, 0) is 30.5 Å². The number of carbonyl (C=O) groups excluding carboxylic acids is 1. The van der Waals surface area contributed by atoms with Crippen LogP contribution in [0, 0.1) is 0 Å². The first-order valence-corrected chi connectivity index (χ1v) is 7.44. The fourth-order valence-corrected chi connectivity index (χ4v) is 3.22. The van der Waals surface area contributed by atoms with Crippen molar-refractivity contribution in [2.45, 2.75) is 24.9 Å². The number of nitrogens with one attached hydrogen (secondary N) is 1. The van der Waals surface area contributed by atoms with Gasteiger partial charge in [0.25, 0.3) is 0 Å². The minimum absolute atomic E-state index is 0.135. The Kier molecular flexibility index (Phi) is 2.97. The van der Waals surface area contributed by atoms with Crippen molar-refractivity contribution in [3.05, 3.63) is 23.8 Å². The van der Waals surface area contributed by atoms with Gasteiger partial charge < -0.3 is 9.64 Å². The van der Waals surface area contributed by atoms with Crippen LogP contribution in [-0.2, 0) is 0 Å². The van der Waals surface area contributed by atoms with Crippen LogP contribution in [0.15, 0.2) is 18.2 Å². The number of nitrogens with zero attached hydrogens (tertiary/aromatic N) is 4. The second kappa shape index (κ2) is 4.88. The summed E-state index contributed by atoms with van der Waals surface area (Å²) >= 11 is 0. The highest BCUT2D eigenvalue weighted by atomic mass is 16.5. The molecule has 0 amide bonds. The predicted octanol–water partition coefficient (Wildman–Crippen LogP) is 1.30. The van der Waals surface area contributed by atoms with E-state index < -0.39 is 0 Å². The molecule has 4 rings (SSSR count). The van der Waals surface area contributed by atoms with Crippen LogP contribution in [0.2, 0.25) is 0 Å². The summed E-state index contributed by atoms with van der Waals surface area (Å²) in [6.07, 6.45) is 2.23. The summed E-state index contributed by atoms with van der Waals surface area (Å²) in [5.74, 6) is 1.29. The van der Waals surface area contributed by atoms with E-state index in [1.165, 1.54) is 0 Å². The standard InChI is InChI=1S/C15H17N5O2/c1-20-6-4-15(5-7-20)9-12(21)11-8-10(2-3-13(11)22-15)14-16-18-19-17-14/h2-3,8H,4-7,9H2,1H3,(H,16,17,18,19). The van der Waals surface area contributed by atoms with Crippen molar-refractivity contribution in [3.8, 4) is 17.1 Å². The fourth-order valence-electron chi connectivity index (χ4n) is 3.22. The number of Topliss-reactive ketones (excluding diaryl/α,β-unsaturated/α-hetero) is 1. The third-order valence-electron chi connectivity index (χ3n) is 4.59. The molecule has 2 aliphatic rings. The van der Waals surface area contributed by atoms with E-state index in [0.29, 0.717) is 23.6 Å². The number of ether oxygens (including phenoxy) is 1. The highest BCUT2D eigenvalue weighted by molar-refractivity contribution is 6.01. The Labute approximate surface area is 127 Å². The number of fused-ring (bicyclic) bond motifs is 1. The van der Waals surface area contributed by atoms with Crippen LogP contribution in [0.4, 0.5) is 0 Å². The SMILES string of the molecule is CN1CCC2(CC1)CC(=O)c1cc(-c3nn[nH]n3)ccc1O2. The number of ketones is 1. The van der Waals surface area contributed by atoms with Crippen molar-refractivity contribution in [1.29, 1.82) is 0 Å². The van der Waals surface area contributed by atoms with Crippen LogP contribution in [0.1, 0.15) is 29.6 Å². The fraction of sp³-hybridized carbons (Fsp3) is 0.467. The van der Waals surface area contributed by atoms with E-state index in [-0.39, 0.29) is 11.4 Å². The lowest BCUT2D eigenvalue weighted by atomic mass is 9.82. The number of likely N-dealkylation sites (tertiary alicyclic amines) is 1. The van der Waals surface area contributed by atoms with Crippen LogP contribution in [-0.4, -0.2) is 57.0 Å². The first kappa shape index (κ1) is 13.4. The number of tetrazole rings is 1. The number of carbonyl (C=O) groups is 1. The average Bonchev–Trinajstić information content (AvgIpc) is 3.05. The van der Waals surface area contributed by atoms with E-state index in [4.69, 9.17) is 4.74 Å². The van der Waals surface area contributed by atoms with Gasteiger partial charge in [-0.15, -0.1) is 10.2 Å². The molecule has 7 heteroatoms. The molecule has 1 spiro atoms. The number of benzene rings is 1. The van der Waals surface area contributed by atoms with E-state index in [9.17, 15) is 4.79 Å². The van der Waals surface area contributed by atoms with E-state index in [0.717, 1.165) is 31.5 Å². The molecule has 0 unspecified atom stereocenters. The maximum atomic E-state index is 12.6. The molecule has 1 saturated heterocycles. The number of H-pyrrole nitrogens is 1. The Morgan fingerprint density at radius 1 is 1.32 bits per heavy atom. The number of rotatable bonds is 1. The molecule has 7 nitrogen and oxygen atoms in total. The zero-order valence-corrected chi connectivity index (χ0v) is 12.4. The molecule has 1 aromatic heterocycles. The van der Waals surface area contributed by atoms with Crippen LogP contribution in [0.3, 0.4) is 0 Å². The maximum absolute atomic E-state index is 12.6. The van der Waals surface area contributed by atoms with Gasteiger partial charge in [-0.3, -0.25) is 4.79 Å². The number of hydrogen-bond acceptors (Lipinski definition) is 6. The summed E-state index contributed by atoms with van der Waals surface area (Å²) in [6.45, 7) is 1.92. The van der Waals surface area contributed by atoms with Gasteiger partial charge in [0.1, 0.15) is 11.4 Å². The highest BCUT2D eigenvalue weighted by Crippen LogP contribution is 2.40. The Bertz CT molecular complexity index is 705. The van der Waals surface area contributed by atoms with E-state index in [2.05, 4.69) is 32.6 Å². The molecule has 2 aromatic rings. The van der Waals surface area contributed by atoms with E-state index in [1.807, 2.05) is 12.1 Å². The molecule has 22 heavy (non-hydrogen) atoms. The van der Waals surface area contributed by atoms with Gasteiger partial charge in [0.05, 0.1) is 12.0 Å². The van der Waals surface area contributed by atoms with Crippen molar-refractivity contribution >= 4 is 5.78 Å². The molecule has 1 fully saturated rings. The van der Waals surface area contributed by atoms with Crippen LogP contribution < -0.4 is 4.74 Å². The summed E-state index contributed by atoms with van der Waals surface area (Å²) in [7, 11) is 2.10. The van der Waals surface area contributed by atoms with E-state index >= 15 is 0 Å². The lowest BCUT2D eigenvalue weighted by Gasteiger charge is -2.43. The maximum Gasteiger partial charge on any atom is 0.204 e. The Hall–Kier alpha value is -2.28. The van der Waals surface area contributed by atoms with Crippen LogP contribution in [0.5, 0.6) is 5.75 Å². The molecule has 0 aliphatic carbocycles. The van der Waals surface area contributed by atoms with Crippen molar-refractivity contribution in [2.75, 3.05) is 20.1 Å². The molecule has 1 aromatic carbocycles. The minimum Gasteiger partial charge on any atom is -0.486 e. The van der Waals surface area contributed by atoms with Gasteiger partial charge in [0.15, 0.2) is 5.78 Å². The number of aromatic amines is 1. The molecule has 0 radical (unpaired) electrons. The molecule has 2 aliphatic heterocycles. The topological polar surface area (TPSA) is 84.0 Å². The smallest absolute Gasteiger partial charge is 0.204 e. The van der Waals surface area contributed by atoms with Crippen molar-refractivity contribution in [2.24, 2.45) is 0 Å². The van der Waals surface area contributed by atoms with Gasteiger partial charge in [-0.2, -0.15) is 5.21 Å². The number of piperidine rings is 1. The molecule has 0 saturated carbocycles. The Morgan fingerprint density at radius 2 is 2.14 bits per heavy atom. The molecule has 3 heterocycles. The average molecular weight is 299 g/mol. The summed E-state index contributed by atoms with van der Waals surface area (Å²) in [5, 5.41) is 13.9. The summed E-state index contributed by atoms with van der Waals surface area (Å²) < 4.78 is 6.24. The first-order chi connectivity index (χ1) is 10.7. The highest BCUT2D eigenvalue weighted by Gasteiger charge is 2.42. The van der Waals surface area contributed by atoms with E-state index in [1.54, 1.807) is 6.07 Å². The zero-order valence-electron chi connectivity index (χ0n) is 12.4. The molecular weight excluding hydrogens is 282 g/mol. The lowest BCUT2D eigenvalue weighted by Crippen LogP contribution is -2.50. The number of aromatic nitrogens is 4. The number of hydrogen-bond donors (Lipinski definition) is 1. The quantitative estimate of drug-likeness (QED) is 0.854. The van der Waals surface area contributed by atoms with Gasteiger partial charge >= 0.3 is 0 Å². The third-order valence-corrected chi connectivity index (χ3v) is 4.59. The molecule has 0 bridgehead atoms. The first-order valence-electron chi connectivity index (χ1n) is 7.44. The van der Waals surface area contributed by atoms with Gasteiger partial charge in [0.2, 0.25) is 5.82 Å². The summed E-state index contributed by atoms with van der Waals surface area (Å²) in [6, 6.07) is 5.51. The molecule has 0 atom stereocenters. The molecule has 114 valence electrons. The largest absolute Gasteiger partial charge is 0.486 e. The zero-order chi connectivity index (χ0) is 15.2. The Morgan fingerprint density at radius 3 is 2.86 bits per heavy atom. The van der Waals surface area contributed by atoms with Crippen molar-refractivity contribution in [1.82, 2.24) is 25.5 Å². The van der Waals surface area contributed by atoms with Gasteiger partial charge in [-0.1, -0.05) is 0 Å². The third kappa shape index (κ3) is 2.18. The second-order valence-corrected chi connectivity index (χ2v) is 6.13. The summed E-state index contributed by atoms with van der Waals surface area (Å²) in [4.78, 5) is 14.9. The normalized spacial score (nSPS) is 20.7. The van der Waals surface area contributed by atoms with Crippen LogP contribution >= 0.6 is 0 Å². The molecule has 1 N–H and O–H groups in total. The predicted molar refractivity (Wildman–Crippen MR) is 78.7 cm³/mol. The molecular formula is C15H17N5O2. The van der Waals surface area contributed by atoms with Gasteiger partial charge in [0, 0.05) is 31.5 Å². The monoisotopic (exact) mass is 299 g/mol. The van der Waals surface area contributed by atoms with Crippen LogP contribution in [0.25, 0.3) is 11.4 Å². The summed E-state index contributed by atoms with van der Waals surface area (Å²) in [5.41, 5.74) is 1.06. The van der Waals surface area contributed by atoms with Crippen molar-refractivity contribution in [3.63, 3.8) is 0 Å². The minimum atomic E-state index is -0.329. The second-order valence-electron chi connectivity index (χ2n) is 6.13. The van der Waals surface area contributed by atoms with Crippen molar-refractivity contribution < 1.29 is 9.53 Å². The van der Waals surface area contributed by atoms with Gasteiger partial charge in [-0.25, -0.2) is 0 Å². The Balaban J connectivity index is 1.67.